The van der Waals surface area contributed by atoms with Crippen LogP contribution < -0.4 is 4.90 Å². The number of carbonyl (C=O) groups is 1. The SMILES string of the molecule is Cc1nnc(SCC(=O)N2c3ccccc3C[C@H]2C)n1-c1ccccc1. The van der Waals surface area contributed by atoms with Crippen molar-refractivity contribution in [1.29, 1.82) is 0 Å². The van der Waals surface area contributed by atoms with Gasteiger partial charge in [-0.2, -0.15) is 0 Å². The molecule has 0 fully saturated rings. The van der Waals surface area contributed by atoms with E-state index < -0.39 is 0 Å². The maximum absolute atomic E-state index is 12.9. The van der Waals surface area contributed by atoms with Crippen molar-refractivity contribution >= 4 is 23.4 Å². The molecule has 0 saturated heterocycles. The van der Waals surface area contributed by atoms with Gasteiger partial charge in [-0.3, -0.25) is 9.36 Å². The molecule has 6 heteroatoms. The van der Waals surface area contributed by atoms with Gasteiger partial charge in [-0.15, -0.1) is 10.2 Å². The first-order chi connectivity index (χ1) is 12.6. The van der Waals surface area contributed by atoms with Crippen LogP contribution in [-0.4, -0.2) is 32.5 Å². The molecule has 1 atom stereocenters. The normalized spacial score (nSPS) is 15.9. The van der Waals surface area contributed by atoms with Crippen LogP contribution in [-0.2, 0) is 11.2 Å². The van der Waals surface area contributed by atoms with Gasteiger partial charge in [0, 0.05) is 17.4 Å². The van der Waals surface area contributed by atoms with Crippen LogP contribution in [0.3, 0.4) is 0 Å². The first-order valence-corrected chi connectivity index (χ1v) is 9.64. The summed E-state index contributed by atoms with van der Waals surface area (Å²) >= 11 is 1.43. The predicted molar refractivity (Wildman–Crippen MR) is 104 cm³/mol. The first-order valence-electron chi connectivity index (χ1n) is 8.65. The Kier molecular flexibility index (Phi) is 4.51. The van der Waals surface area contributed by atoms with Crippen molar-refractivity contribution in [3.05, 3.63) is 66.0 Å². The van der Waals surface area contributed by atoms with Crippen molar-refractivity contribution in [1.82, 2.24) is 14.8 Å². The summed E-state index contributed by atoms with van der Waals surface area (Å²) in [7, 11) is 0. The molecule has 0 N–H and O–H groups in total. The zero-order chi connectivity index (χ0) is 18.1. The number of aryl methyl sites for hydroxylation is 1. The van der Waals surface area contributed by atoms with Crippen LogP contribution in [0.15, 0.2) is 59.8 Å². The molecule has 0 unspecified atom stereocenters. The molecular weight excluding hydrogens is 344 g/mol. The van der Waals surface area contributed by atoms with E-state index in [9.17, 15) is 4.79 Å². The van der Waals surface area contributed by atoms with Crippen LogP contribution >= 0.6 is 11.8 Å². The van der Waals surface area contributed by atoms with Gasteiger partial charge >= 0.3 is 0 Å². The molecule has 1 aliphatic heterocycles. The summed E-state index contributed by atoms with van der Waals surface area (Å²) in [5.74, 6) is 1.25. The summed E-state index contributed by atoms with van der Waals surface area (Å²) in [5, 5.41) is 9.18. The van der Waals surface area contributed by atoms with E-state index in [1.54, 1.807) is 0 Å². The number of hydrogen-bond donors (Lipinski definition) is 0. The molecule has 26 heavy (non-hydrogen) atoms. The maximum Gasteiger partial charge on any atom is 0.237 e. The van der Waals surface area contributed by atoms with Gasteiger partial charge in [-0.1, -0.05) is 48.2 Å². The summed E-state index contributed by atoms with van der Waals surface area (Å²) in [6, 6.07) is 18.3. The summed E-state index contributed by atoms with van der Waals surface area (Å²) in [5.41, 5.74) is 3.28. The Labute approximate surface area is 157 Å². The molecule has 0 radical (unpaired) electrons. The van der Waals surface area contributed by atoms with E-state index >= 15 is 0 Å². The highest BCUT2D eigenvalue weighted by Gasteiger charge is 2.30. The number of nitrogens with zero attached hydrogens (tertiary/aromatic N) is 4. The number of aromatic nitrogens is 3. The fourth-order valence-corrected chi connectivity index (χ4v) is 4.31. The predicted octanol–water partition coefficient (Wildman–Crippen LogP) is 3.65. The summed E-state index contributed by atoms with van der Waals surface area (Å²) in [4.78, 5) is 14.8. The van der Waals surface area contributed by atoms with E-state index in [1.165, 1.54) is 17.3 Å². The molecule has 1 aromatic heterocycles. The average Bonchev–Trinajstić information content (AvgIpc) is 3.19. The van der Waals surface area contributed by atoms with E-state index in [2.05, 4.69) is 23.2 Å². The van der Waals surface area contributed by atoms with Gasteiger partial charge in [0.05, 0.1) is 5.75 Å². The highest BCUT2D eigenvalue weighted by Crippen LogP contribution is 2.33. The summed E-state index contributed by atoms with van der Waals surface area (Å²) < 4.78 is 1.99. The van der Waals surface area contributed by atoms with Crippen LogP contribution in [0, 0.1) is 6.92 Å². The van der Waals surface area contributed by atoms with Gasteiger partial charge in [0.1, 0.15) is 5.82 Å². The largest absolute Gasteiger partial charge is 0.308 e. The molecule has 1 aliphatic rings. The lowest BCUT2D eigenvalue weighted by Crippen LogP contribution is -2.37. The molecule has 5 nitrogen and oxygen atoms in total. The molecule has 0 aliphatic carbocycles. The molecule has 1 amide bonds. The second-order valence-corrected chi connectivity index (χ2v) is 7.38. The Morgan fingerprint density at radius 1 is 1.12 bits per heavy atom. The standard InChI is InChI=1S/C20H20N4OS/c1-14-12-16-8-6-7-11-18(16)23(14)19(25)13-26-20-22-21-15(2)24(20)17-9-4-3-5-10-17/h3-11,14H,12-13H2,1-2H3/t14-/m1/s1. The number of carbonyl (C=O) groups excluding carboxylic acids is 1. The third-order valence-electron chi connectivity index (χ3n) is 4.61. The van der Waals surface area contributed by atoms with E-state index in [1.807, 2.05) is 64.9 Å². The van der Waals surface area contributed by atoms with Crippen molar-refractivity contribution in [2.45, 2.75) is 31.5 Å². The Balaban J connectivity index is 1.53. The number of hydrogen-bond acceptors (Lipinski definition) is 4. The Hall–Kier alpha value is -2.60. The minimum atomic E-state index is 0.104. The number of benzene rings is 2. The number of fused-ring (bicyclic) bond motifs is 1. The van der Waals surface area contributed by atoms with Crippen molar-refractivity contribution in [2.75, 3.05) is 10.7 Å². The Morgan fingerprint density at radius 3 is 2.65 bits per heavy atom. The molecule has 3 aromatic rings. The van der Waals surface area contributed by atoms with Crippen molar-refractivity contribution in [3.63, 3.8) is 0 Å². The number of para-hydroxylation sites is 2. The minimum absolute atomic E-state index is 0.104. The molecule has 0 bridgehead atoms. The average molecular weight is 364 g/mol. The second kappa shape index (κ2) is 6.96. The molecule has 132 valence electrons. The number of anilines is 1. The molecule has 4 rings (SSSR count). The summed E-state index contributed by atoms with van der Waals surface area (Å²) in [6.45, 7) is 4.02. The highest BCUT2D eigenvalue weighted by atomic mass is 32.2. The maximum atomic E-state index is 12.9. The van der Waals surface area contributed by atoms with Gasteiger partial charge in [0.25, 0.3) is 0 Å². The van der Waals surface area contributed by atoms with Gasteiger partial charge in [-0.05, 0) is 44.0 Å². The van der Waals surface area contributed by atoms with Gasteiger partial charge in [0.15, 0.2) is 5.16 Å². The lowest BCUT2D eigenvalue weighted by atomic mass is 10.1. The van der Waals surface area contributed by atoms with Crippen LogP contribution in [0.1, 0.15) is 18.3 Å². The molecule has 0 spiro atoms. The van der Waals surface area contributed by atoms with E-state index in [-0.39, 0.29) is 11.9 Å². The topological polar surface area (TPSA) is 51.0 Å². The monoisotopic (exact) mass is 364 g/mol. The number of amides is 1. The van der Waals surface area contributed by atoms with Crippen LogP contribution in [0.5, 0.6) is 0 Å². The first kappa shape index (κ1) is 16.8. The van der Waals surface area contributed by atoms with E-state index in [0.717, 1.165) is 28.8 Å². The molecule has 2 heterocycles. The van der Waals surface area contributed by atoms with Gasteiger partial charge in [0.2, 0.25) is 5.91 Å². The molecule has 2 aromatic carbocycles. The summed E-state index contributed by atoms with van der Waals surface area (Å²) in [6.07, 6.45) is 0.909. The Morgan fingerprint density at radius 2 is 1.85 bits per heavy atom. The van der Waals surface area contributed by atoms with Crippen molar-refractivity contribution < 1.29 is 4.79 Å². The fourth-order valence-electron chi connectivity index (χ4n) is 3.45. The second-order valence-electron chi connectivity index (χ2n) is 6.44. The van der Waals surface area contributed by atoms with E-state index in [4.69, 9.17) is 0 Å². The molecule has 0 saturated carbocycles. The van der Waals surface area contributed by atoms with Crippen LogP contribution in [0.4, 0.5) is 5.69 Å². The fraction of sp³-hybridized carbons (Fsp3) is 0.250. The zero-order valence-electron chi connectivity index (χ0n) is 14.8. The van der Waals surface area contributed by atoms with Crippen LogP contribution in [0.2, 0.25) is 0 Å². The third kappa shape index (κ3) is 3.01. The smallest absolute Gasteiger partial charge is 0.237 e. The number of rotatable bonds is 4. The lowest BCUT2D eigenvalue weighted by Gasteiger charge is -2.22. The highest BCUT2D eigenvalue weighted by molar-refractivity contribution is 7.99. The van der Waals surface area contributed by atoms with Gasteiger partial charge in [-0.25, -0.2) is 0 Å². The van der Waals surface area contributed by atoms with Crippen molar-refractivity contribution in [3.8, 4) is 5.69 Å². The third-order valence-corrected chi connectivity index (χ3v) is 5.52. The zero-order valence-corrected chi connectivity index (χ0v) is 15.6. The molecular formula is C20H20N4OS. The van der Waals surface area contributed by atoms with E-state index in [0.29, 0.717) is 5.75 Å². The quantitative estimate of drug-likeness (QED) is 0.663. The minimum Gasteiger partial charge on any atom is -0.308 e. The van der Waals surface area contributed by atoms with Crippen molar-refractivity contribution in [2.24, 2.45) is 0 Å². The number of thioether (sulfide) groups is 1. The lowest BCUT2D eigenvalue weighted by molar-refractivity contribution is -0.116. The van der Waals surface area contributed by atoms with Crippen LogP contribution in [0.25, 0.3) is 5.69 Å². The Bertz CT molecular complexity index is 938. The van der Waals surface area contributed by atoms with Gasteiger partial charge < -0.3 is 4.90 Å².